The minimum absolute atomic E-state index is 0.148. The lowest BCUT2D eigenvalue weighted by atomic mass is 9.97. The molecule has 1 heterocycles. The highest BCUT2D eigenvalue weighted by Crippen LogP contribution is 2.27. The lowest BCUT2D eigenvalue weighted by Gasteiger charge is -2.32. The quantitative estimate of drug-likeness (QED) is 0.570. The number of carbonyl (C=O) groups is 2. The number of esters is 1. The summed E-state index contributed by atoms with van der Waals surface area (Å²) in [5.41, 5.74) is 2.59. The molecule has 0 saturated carbocycles. The molecular weight excluding hydrogens is 386 g/mol. The van der Waals surface area contributed by atoms with Gasteiger partial charge in [-0.3, -0.25) is 4.79 Å². The van der Waals surface area contributed by atoms with Crippen molar-refractivity contribution in [2.45, 2.75) is 38.0 Å². The van der Waals surface area contributed by atoms with Gasteiger partial charge in [-0.1, -0.05) is 30.4 Å². The van der Waals surface area contributed by atoms with Crippen LogP contribution >= 0.6 is 12.6 Å². The second kappa shape index (κ2) is 8.91. The molecule has 2 aliphatic rings. The fourth-order valence-corrected chi connectivity index (χ4v) is 3.74. The van der Waals surface area contributed by atoms with Crippen LogP contribution in [0.2, 0.25) is 0 Å². The van der Waals surface area contributed by atoms with Crippen LogP contribution in [-0.4, -0.2) is 47.3 Å². The van der Waals surface area contributed by atoms with Crippen molar-refractivity contribution in [3.05, 3.63) is 65.3 Å². The zero-order valence-electron chi connectivity index (χ0n) is 17.1. The molecule has 0 aromatic heterocycles. The number of nitrogens with zero attached hydrogens (tertiary/aromatic N) is 1. The van der Waals surface area contributed by atoms with Crippen molar-refractivity contribution in [2.24, 2.45) is 0 Å². The van der Waals surface area contributed by atoms with E-state index in [0.717, 1.165) is 16.9 Å². The summed E-state index contributed by atoms with van der Waals surface area (Å²) in [7, 11) is 0. The third kappa shape index (κ3) is 5.12. The Balaban J connectivity index is 1.69. The van der Waals surface area contributed by atoms with E-state index in [1.165, 1.54) is 0 Å². The van der Waals surface area contributed by atoms with Crippen molar-refractivity contribution in [3.63, 3.8) is 0 Å². The predicted molar refractivity (Wildman–Crippen MR) is 117 cm³/mol. The SMILES string of the molecule is CCOC(=O)C(C)N1CCc2cc(OCC3=CC(C)(S)C=CC=C3)ccc2C1=O. The molecule has 0 radical (unpaired) electrons. The molecule has 0 bridgehead atoms. The van der Waals surface area contributed by atoms with Crippen LogP contribution in [0.15, 0.2) is 54.2 Å². The molecule has 1 aromatic carbocycles. The lowest BCUT2D eigenvalue weighted by Crippen LogP contribution is -2.47. The van der Waals surface area contributed by atoms with E-state index in [-0.39, 0.29) is 16.6 Å². The van der Waals surface area contributed by atoms with Crippen molar-refractivity contribution < 1.29 is 19.1 Å². The fraction of sp³-hybridized carbons (Fsp3) is 0.391. The number of amides is 1. The normalized spacial score (nSPS) is 21.9. The van der Waals surface area contributed by atoms with Crippen LogP contribution in [0.5, 0.6) is 5.75 Å². The Morgan fingerprint density at radius 3 is 2.90 bits per heavy atom. The van der Waals surface area contributed by atoms with Crippen molar-refractivity contribution in [3.8, 4) is 5.75 Å². The van der Waals surface area contributed by atoms with Crippen molar-refractivity contribution in [1.82, 2.24) is 4.90 Å². The van der Waals surface area contributed by atoms with Crippen LogP contribution in [0.1, 0.15) is 36.7 Å². The zero-order valence-corrected chi connectivity index (χ0v) is 17.9. The summed E-state index contributed by atoms with van der Waals surface area (Å²) in [6, 6.07) is 4.90. The highest BCUT2D eigenvalue weighted by atomic mass is 32.1. The van der Waals surface area contributed by atoms with Gasteiger partial charge in [0, 0.05) is 16.9 Å². The van der Waals surface area contributed by atoms with Crippen molar-refractivity contribution >= 4 is 24.5 Å². The van der Waals surface area contributed by atoms with Gasteiger partial charge in [-0.2, -0.15) is 12.6 Å². The summed E-state index contributed by atoms with van der Waals surface area (Å²) >= 11 is 4.62. The molecule has 1 aliphatic heterocycles. The van der Waals surface area contributed by atoms with Gasteiger partial charge in [0.25, 0.3) is 5.91 Å². The molecule has 2 unspecified atom stereocenters. The van der Waals surface area contributed by atoms with Gasteiger partial charge >= 0.3 is 5.97 Å². The minimum atomic E-state index is -0.593. The van der Waals surface area contributed by atoms with E-state index in [1.54, 1.807) is 30.9 Å². The third-order valence-electron chi connectivity index (χ3n) is 5.02. The first-order chi connectivity index (χ1) is 13.8. The standard InChI is InChI=1S/C23H27NO4S/c1-4-27-22(26)16(2)24-12-10-18-13-19(8-9-20(18)21(24)25)28-15-17-7-5-6-11-23(3,29)14-17/h5-9,11,13-14,16,29H,4,10,12,15H2,1-3H3. The van der Waals surface area contributed by atoms with E-state index in [1.807, 2.05) is 37.3 Å². The number of fused-ring (bicyclic) bond motifs is 1. The van der Waals surface area contributed by atoms with Crippen LogP contribution in [0.25, 0.3) is 0 Å². The minimum Gasteiger partial charge on any atom is -0.489 e. The Morgan fingerprint density at radius 1 is 1.34 bits per heavy atom. The number of hydrogen-bond donors (Lipinski definition) is 1. The molecule has 2 atom stereocenters. The second-order valence-corrected chi connectivity index (χ2v) is 8.41. The van der Waals surface area contributed by atoms with Crippen LogP contribution < -0.4 is 4.74 Å². The Bertz CT molecular complexity index is 885. The Hall–Kier alpha value is -2.47. The first-order valence-electron chi connectivity index (χ1n) is 9.84. The molecule has 1 aromatic rings. The number of rotatable bonds is 6. The molecule has 3 rings (SSSR count). The molecule has 154 valence electrons. The molecule has 1 aliphatic carbocycles. The van der Waals surface area contributed by atoms with E-state index < -0.39 is 6.04 Å². The Morgan fingerprint density at radius 2 is 2.14 bits per heavy atom. The molecule has 29 heavy (non-hydrogen) atoms. The van der Waals surface area contributed by atoms with Gasteiger partial charge in [0.15, 0.2) is 0 Å². The zero-order chi connectivity index (χ0) is 21.0. The molecule has 0 fully saturated rings. The van der Waals surface area contributed by atoms with Crippen LogP contribution in [0.4, 0.5) is 0 Å². The van der Waals surface area contributed by atoms with E-state index in [9.17, 15) is 9.59 Å². The average Bonchev–Trinajstić information content (AvgIpc) is 2.86. The number of ether oxygens (including phenoxy) is 2. The summed E-state index contributed by atoms with van der Waals surface area (Å²) in [6.07, 6.45) is 10.7. The van der Waals surface area contributed by atoms with Gasteiger partial charge in [0.1, 0.15) is 18.4 Å². The maximum Gasteiger partial charge on any atom is 0.328 e. The Kier molecular flexibility index (Phi) is 6.52. The van der Waals surface area contributed by atoms with Crippen molar-refractivity contribution in [1.29, 1.82) is 0 Å². The summed E-state index contributed by atoms with van der Waals surface area (Å²) < 4.78 is 10.7. The molecule has 6 heteroatoms. The van der Waals surface area contributed by atoms with Gasteiger partial charge in [-0.05, 0) is 56.5 Å². The monoisotopic (exact) mass is 413 g/mol. The topological polar surface area (TPSA) is 55.8 Å². The highest BCUT2D eigenvalue weighted by molar-refractivity contribution is 7.82. The van der Waals surface area contributed by atoms with E-state index in [0.29, 0.717) is 31.7 Å². The molecule has 1 amide bonds. The maximum atomic E-state index is 12.8. The fourth-order valence-electron chi connectivity index (χ4n) is 3.49. The summed E-state index contributed by atoms with van der Waals surface area (Å²) in [6.45, 7) is 6.69. The lowest BCUT2D eigenvalue weighted by molar-refractivity contribution is -0.148. The van der Waals surface area contributed by atoms with E-state index in [2.05, 4.69) is 18.7 Å². The maximum absolute atomic E-state index is 12.8. The highest BCUT2D eigenvalue weighted by Gasteiger charge is 2.32. The molecule has 5 nitrogen and oxygen atoms in total. The first-order valence-corrected chi connectivity index (χ1v) is 10.3. The number of benzene rings is 1. The largest absolute Gasteiger partial charge is 0.489 e. The van der Waals surface area contributed by atoms with Gasteiger partial charge in [0.05, 0.1) is 6.61 Å². The van der Waals surface area contributed by atoms with Gasteiger partial charge < -0.3 is 14.4 Å². The number of allylic oxidation sites excluding steroid dienone is 2. The van der Waals surface area contributed by atoms with Crippen LogP contribution in [0.3, 0.4) is 0 Å². The molecular formula is C23H27NO4S. The third-order valence-corrected chi connectivity index (χ3v) is 5.30. The first kappa shape index (κ1) is 21.2. The van der Waals surface area contributed by atoms with Gasteiger partial charge in [0.2, 0.25) is 0 Å². The molecule has 0 spiro atoms. The summed E-state index contributed by atoms with van der Waals surface area (Å²) in [5, 5.41) is 0. The molecule has 0 saturated heterocycles. The number of thiol groups is 1. The number of carbonyl (C=O) groups excluding carboxylic acids is 2. The smallest absolute Gasteiger partial charge is 0.328 e. The van der Waals surface area contributed by atoms with Crippen molar-refractivity contribution in [2.75, 3.05) is 19.8 Å². The van der Waals surface area contributed by atoms with Crippen LogP contribution in [-0.2, 0) is 16.0 Å². The van der Waals surface area contributed by atoms with Gasteiger partial charge in [-0.15, -0.1) is 0 Å². The average molecular weight is 414 g/mol. The predicted octanol–water partition coefficient (Wildman–Crippen LogP) is 3.76. The second-order valence-electron chi connectivity index (χ2n) is 7.45. The van der Waals surface area contributed by atoms with Crippen LogP contribution in [0, 0.1) is 0 Å². The number of hydrogen-bond acceptors (Lipinski definition) is 5. The van der Waals surface area contributed by atoms with Gasteiger partial charge in [-0.25, -0.2) is 4.79 Å². The van der Waals surface area contributed by atoms with E-state index in [4.69, 9.17) is 9.47 Å². The summed E-state index contributed by atoms with van der Waals surface area (Å²) in [5.74, 6) is 0.195. The Labute approximate surface area is 177 Å². The molecule has 0 N–H and O–H groups in total. The van der Waals surface area contributed by atoms with E-state index >= 15 is 0 Å². The summed E-state index contributed by atoms with van der Waals surface area (Å²) in [4.78, 5) is 26.4.